The molecular weight excluding hydrogens is 438 g/mol. The van der Waals surface area contributed by atoms with Crippen LogP contribution in [-0.4, -0.2) is 31.8 Å². The lowest BCUT2D eigenvalue weighted by Gasteiger charge is -2.11. The molecule has 0 bridgehead atoms. The fourth-order valence-corrected chi connectivity index (χ4v) is 4.19. The molecule has 0 spiro atoms. The van der Waals surface area contributed by atoms with Gasteiger partial charge in [0.15, 0.2) is 5.16 Å². The monoisotopic (exact) mass is 455 g/mol. The highest BCUT2D eigenvalue weighted by atomic mass is 35.5. The van der Waals surface area contributed by atoms with Crippen LogP contribution in [0.2, 0.25) is 5.02 Å². The maximum atomic E-state index is 11.7. The average molecular weight is 456 g/mol. The molecule has 0 aliphatic heterocycles. The molecule has 2 heterocycles. The Morgan fingerprint density at radius 3 is 2.58 bits per heavy atom. The van der Waals surface area contributed by atoms with E-state index < -0.39 is 11.2 Å². The predicted molar refractivity (Wildman–Crippen MR) is 119 cm³/mol. The molecule has 2 N–H and O–H groups in total. The molecule has 0 aliphatic carbocycles. The van der Waals surface area contributed by atoms with Crippen LogP contribution < -0.4 is 16.0 Å². The molecule has 8 nitrogen and oxygen atoms in total. The average Bonchev–Trinajstić information content (AvgIpc) is 3.14. The Balaban J connectivity index is 1.70. The highest BCUT2D eigenvalue weighted by molar-refractivity contribution is 7.98. The lowest BCUT2D eigenvalue weighted by Crippen LogP contribution is -2.23. The second-order valence-electron chi connectivity index (χ2n) is 6.64. The van der Waals surface area contributed by atoms with Crippen molar-refractivity contribution < 1.29 is 4.74 Å². The Labute approximate surface area is 186 Å². The SMILES string of the molecule is COc1ccc(-n2c(Cc3cc(=O)[nH]c(=O)[nH]3)nnc2SCc2cccc(Cl)c2)cc1. The number of nitrogens with one attached hydrogen (secondary N) is 2. The summed E-state index contributed by atoms with van der Waals surface area (Å²) in [4.78, 5) is 28.1. The van der Waals surface area contributed by atoms with E-state index >= 15 is 0 Å². The van der Waals surface area contributed by atoms with E-state index in [1.54, 1.807) is 7.11 Å². The van der Waals surface area contributed by atoms with Crippen molar-refractivity contribution in [3.8, 4) is 11.4 Å². The van der Waals surface area contributed by atoms with Gasteiger partial charge in [-0.1, -0.05) is 35.5 Å². The van der Waals surface area contributed by atoms with E-state index in [4.69, 9.17) is 16.3 Å². The smallest absolute Gasteiger partial charge is 0.325 e. The molecule has 0 unspecified atom stereocenters. The van der Waals surface area contributed by atoms with E-state index in [-0.39, 0.29) is 6.42 Å². The first-order chi connectivity index (χ1) is 15.0. The minimum absolute atomic E-state index is 0.232. The third kappa shape index (κ3) is 5.07. The van der Waals surface area contributed by atoms with Crippen LogP contribution in [-0.2, 0) is 12.2 Å². The molecule has 0 amide bonds. The second kappa shape index (κ2) is 9.23. The van der Waals surface area contributed by atoms with E-state index in [9.17, 15) is 9.59 Å². The van der Waals surface area contributed by atoms with Crippen molar-refractivity contribution in [3.05, 3.63) is 97.5 Å². The van der Waals surface area contributed by atoms with E-state index in [2.05, 4.69) is 20.2 Å². The highest BCUT2D eigenvalue weighted by Gasteiger charge is 2.16. The van der Waals surface area contributed by atoms with Crippen LogP contribution in [0.15, 0.2) is 69.3 Å². The minimum Gasteiger partial charge on any atom is -0.497 e. The number of halogens is 1. The lowest BCUT2D eigenvalue weighted by atomic mass is 10.2. The maximum Gasteiger partial charge on any atom is 0.325 e. The zero-order chi connectivity index (χ0) is 21.8. The van der Waals surface area contributed by atoms with Gasteiger partial charge in [0.1, 0.15) is 11.6 Å². The highest BCUT2D eigenvalue weighted by Crippen LogP contribution is 2.27. The molecule has 0 saturated carbocycles. The maximum absolute atomic E-state index is 11.7. The molecule has 0 saturated heterocycles. The van der Waals surface area contributed by atoms with Gasteiger partial charge in [-0.2, -0.15) is 0 Å². The first kappa shape index (κ1) is 21.0. The van der Waals surface area contributed by atoms with Crippen molar-refractivity contribution >= 4 is 23.4 Å². The number of thioether (sulfide) groups is 1. The van der Waals surface area contributed by atoms with Crippen LogP contribution in [0.5, 0.6) is 5.75 Å². The molecule has 2 aromatic heterocycles. The first-order valence-electron chi connectivity index (χ1n) is 9.30. The molecule has 0 aliphatic rings. The fraction of sp³-hybridized carbons (Fsp3) is 0.143. The van der Waals surface area contributed by atoms with Gasteiger partial charge in [-0.25, -0.2) is 4.79 Å². The zero-order valence-electron chi connectivity index (χ0n) is 16.5. The summed E-state index contributed by atoms with van der Waals surface area (Å²) < 4.78 is 7.15. The molecule has 10 heteroatoms. The van der Waals surface area contributed by atoms with Crippen LogP contribution in [0, 0.1) is 0 Å². The molecular formula is C21H18ClN5O3S. The number of hydrogen-bond donors (Lipinski definition) is 2. The summed E-state index contributed by atoms with van der Waals surface area (Å²) in [6.07, 6.45) is 0.232. The van der Waals surface area contributed by atoms with Crippen molar-refractivity contribution in [3.63, 3.8) is 0 Å². The van der Waals surface area contributed by atoms with Crippen LogP contribution in [0.1, 0.15) is 17.1 Å². The Morgan fingerprint density at radius 2 is 1.87 bits per heavy atom. The van der Waals surface area contributed by atoms with Gasteiger partial charge in [0.05, 0.1) is 7.11 Å². The van der Waals surface area contributed by atoms with Crippen molar-refractivity contribution in [1.29, 1.82) is 0 Å². The molecule has 158 valence electrons. The van der Waals surface area contributed by atoms with Crippen molar-refractivity contribution in [2.45, 2.75) is 17.3 Å². The Kier molecular flexibility index (Phi) is 6.24. The van der Waals surface area contributed by atoms with Gasteiger partial charge in [0.25, 0.3) is 5.56 Å². The van der Waals surface area contributed by atoms with Gasteiger partial charge in [-0.05, 0) is 42.0 Å². The molecule has 0 radical (unpaired) electrons. The van der Waals surface area contributed by atoms with Crippen molar-refractivity contribution in [2.75, 3.05) is 7.11 Å². The number of rotatable bonds is 7. The van der Waals surface area contributed by atoms with Crippen molar-refractivity contribution in [1.82, 2.24) is 24.7 Å². The number of aromatic amines is 2. The normalized spacial score (nSPS) is 10.9. The number of nitrogens with zero attached hydrogens (tertiary/aromatic N) is 3. The Hall–Kier alpha value is -3.30. The predicted octanol–water partition coefficient (Wildman–Crippen LogP) is 3.19. The summed E-state index contributed by atoms with van der Waals surface area (Å²) in [5, 5.41) is 10.0. The third-order valence-corrected chi connectivity index (χ3v) is 5.69. The van der Waals surface area contributed by atoms with Gasteiger partial charge in [-0.15, -0.1) is 10.2 Å². The second-order valence-corrected chi connectivity index (χ2v) is 8.02. The number of H-pyrrole nitrogens is 2. The van der Waals surface area contributed by atoms with E-state index in [1.165, 1.54) is 17.8 Å². The lowest BCUT2D eigenvalue weighted by molar-refractivity contribution is 0.414. The Bertz CT molecular complexity index is 1290. The van der Waals surface area contributed by atoms with Crippen LogP contribution in [0.3, 0.4) is 0 Å². The topological polar surface area (TPSA) is 106 Å². The van der Waals surface area contributed by atoms with Crippen LogP contribution in [0.25, 0.3) is 5.69 Å². The molecule has 4 rings (SSSR count). The number of benzene rings is 2. The summed E-state index contributed by atoms with van der Waals surface area (Å²) in [5.74, 6) is 1.96. The summed E-state index contributed by atoms with van der Waals surface area (Å²) in [6.45, 7) is 0. The molecule has 2 aromatic carbocycles. The first-order valence-corrected chi connectivity index (χ1v) is 10.7. The van der Waals surface area contributed by atoms with E-state index in [0.717, 1.165) is 17.0 Å². The zero-order valence-corrected chi connectivity index (χ0v) is 18.0. The quantitative estimate of drug-likeness (QED) is 0.414. The molecule has 0 fully saturated rings. The molecule has 31 heavy (non-hydrogen) atoms. The molecule has 0 atom stereocenters. The molecule has 4 aromatic rings. The summed E-state index contributed by atoms with van der Waals surface area (Å²) >= 11 is 7.60. The fourth-order valence-electron chi connectivity index (χ4n) is 3.06. The van der Waals surface area contributed by atoms with Gasteiger partial charge >= 0.3 is 5.69 Å². The summed E-state index contributed by atoms with van der Waals surface area (Å²) in [7, 11) is 1.61. The largest absolute Gasteiger partial charge is 0.497 e. The van der Waals surface area contributed by atoms with E-state index in [0.29, 0.717) is 27.5 Å². The number of methoxy groups -OCH3 is 1. The van der Waals surface area contributed by atoms with Gasteiger partial charge in [-0.3, -0.25) is 14.3 Å². The van der Waals surface area contributed by atoms with Gasteiger partial charge in [0.2, 0.25) is 0 Å². The number of ether oxygens (including phenoxy) is 1. The van der Waals surface area contributed by atoms with Gasteiger partial charge in [0, 0.05) is 34.6 Å². The Morgan fingerprint density at radius 1 is 1.06 bits per heavy atom. The third-order valence-electron chi connectivity index (χ3n) is 4.45. The van der Waals surface area contributed by atoms with Crippen molar-refractivity contribution in [2.24, 2.45) is 0 Å². The summed E-state index contributed by atoms with van der Waals surface area (Å²) in [6, 6.07) is 16.5. The van der Waals surface area contributed by atoms with Crippen LogP contribution in [0.4, 0.5) is 0 Å². The van der Waals surface area contributed by atoms with E-state index in [1.807, 2.05) is 53.1 Å². The standard InChI is InChI=1S/C21H18ClN5O3S/c1-30-17-7-5-16(6-8-17)27-18(10-15-11-19(28)24-20(29)23-15)25-26-21(27)31-12-13-3-2-4-14(22)9-13/h2-9,11H,10,12H2,1H3,(H2,23,24,28,29). The minimum atomic E-state index is -0.562. The number of aromatic nitrogens is 5. The van der Waals surface area contributed by atoms with Crippen LogP contribution >= 0.6 is 23.4 Å². The summed E-state index contributed by atoms with van der Waals surface area (Å²) in [5.41, 5.74) is 1.31. The number of hydrogen-bond acceptors (Lipinski definition) is 6. The van der Waals surface area contributed by atoms with Gasteiger partial charge < -0.3 is 9.72 Å².